The molecule has 39 heavy (non-hydrogen) atoms. The second-order valence-corrected chi connectivity index (χ2v) is 9.82. The number of alkyl halides is 3. The number of ether oxygens (including phenoxy) is 1. The predicted molar refractivity (Wildman–Crippen MR) is 148 cm³/mol. The van der Waals surface area contributed by atoms with E-state index in [0.717, 1.165) is 27.3 Å². The van der Waals surface area contributed by atoms with Crippen LogP contribution in [0.3, 0.4) is 0 Å². The van der Waals surface area contributed by atoms with Crippen molar-refractivity contribution in [2.75, 3.05) is 18.5 Å². The van der Waals surface area contributed by atoms with Crippen molar-refractivity contribution in [3.8, 4) is 17.0 Å². The normalized spacial score (nSPS) is 11.9. The van der Waals surface area contributed by atoms with Crippen LogP contribution in [-0.2, 0) is 13.1 Å². The molecule has 0 bridgehead atoms. The largest absolute Gasteiger partial charge is 0.573 e. The van der Waals surface area contributed by atoms with Crippen molar-refractivity contribution >= 4 is 34.7 Å². The minimum atomic E-state index is -4.75. The molecule has 4 aromatic rings. The molecule has 1 heterocycles. The molecule has 6 nitrogen and oxygen atoms in total. The molecule has 11 heteroatoms. The summed E-state index contributed by atoms with van der Waals surface area (Å²) in [7, 11) is 1.70. The Morgan fingerprint density at radius 2 is 1.74 bits per heavy atom. The molecule has 0 aliphatic heterocycles. The number of rotatable bonds is 9. The van der Waals surface area contributed by atoms with Crippen molar-refractivity contribution < 1.29 is 22.7 Å². The lowest BCUT2D eigenvalue weighted by Gasteiger charge is -2.18. The molecule has 0 atom stereocenters. The molecule has 0 fully saturated rings. The molecular weight excluding hydrogens is 549 g/mol. The molecule has 1 aromatic heterocycles. The minimum Gasteiger partial charge on any atom is -0.406 e. The van der Waals surface area contributed by atoms with Gasteiger partial charge in [0.2, 0.25) is 0 Å². The first-order valence-electron chi connectivity index (χ1n) is 12.1. The topological polar surface area (TPSA) is 58.9 Å². The summed E-state index contributed by atoms with van der Waals surface area (Å²) in [6.07, 6.45) is -4.14. The lowest BCUT2D eigenvalue weighted by atomic mass is 10.1. The SMILES string of the molecule is CN(C(=O)NCCCn1c(-c2ccc(OC(F)(F)F)cc2)cs/c1=N\Cc1ccc(Cl)cc1)c1ccccc1. The Balaban J connectivity index is 1.50. The highest BCUT2D eigenvalue weighted by atomic mass is 35.5. The van der Waals surface area contributed by atoms with Gasteiger partial charge in [-0.3, -0.25) is 9.89 Å². The molecule has 0 radical (unpaired) electrons. The fourth-order valence-corrected chi connectivity index (χ4v) is 4.86. The van der Waals surface area contributed by atoms with E-state index >= 15 is 0 Å². The monoisotopic (exact) mass is 574 g/mol. The summed E-state index contributed by atoms with van der Waals surface area (Å²) in [4.78, 5) is 19.6. The Labute approximate surface area is 233 Å². The van der Waals surface area contributed by atoms with Gasteiger partial charge in [-0.15, -0.1) is 24.5 Å². The maximum atomic E-state index is 12.6. The maximum absolute atomic E-state index is 12.6. The molecule has 0 aliphatic rings. The molecule has 0 aliphatic carbocycles. The molecule has 3 aromatic carbocycles. The van der Waals surface area contributed by atoms with Crippen molar-refractivity contribution in [1.29, 1.82) is 0 Å². The van der Waals surface area contributed by atoms with Crippen molar-refractivity contribution in [1.82, 2.24) is 9.88 Å². The fourth-order valence-electron chi connectivity index (χ4n) is 3.80. The molecule has 1 N–H and O–H groups in total. The Bertz CT molecular complexity index is 1440. The number of urea groups is 1. The van der Waals surface area contributed by atoms with Crippen LogP contribution in [0.1, 0.15) is 12.0 Å². The van der Waals surface area contributed by atoms with Crippen LogP contribution in [-0.4, -0.2) is 30.6 Å². The van der Waals surface area contributed by atoms with E-state index in [-0.39, 0.29) is 11.8 Å². The van der Waals surface area contributed by atoms with Crippen LogP contribution in [0, 0.1) is 0 Å². The second kappa shape index (κ2) is 12.9. The predicted octanol–water partition coefficient (Wildman–Crippen LogP) is 7.11. The number of benzene rings is 3. The zero-order valence-electron chi connectivity index (χ0n) is 21.0. The smallest absolute Gasteiger partial charge is 0.406 e. The van der Waals surface area contributed by atoms with Crippen LogP contribution in [0.15, 0.2) is 89.2 Å². The van der Waals surface area contributed by atoms with Gasteiger partial charge in [-0.05, 0) is 66.1 Å². The second-order valence-electron chi connectivity index (χ2n) is 8.55. The summed E-state index contributed by atoms with van der Waals surface area (Å²) in [6.45, 7) is 1.40. The summed E-state index contributed by atoms with van der Waals surface area (Å²) in [5.74, 6) is -0.286. The molecule has 2 amide bonds. The van der Waals surface area contributed by atoms with Crippen molar-refractivity contribution in [3.63, 3.8) is 0 Å². The Morgan fingerprint density at radius 3 is 2.41 bits per heavy atom. The van der Waals surface area contributed by atoms with Gasteiger partial charge < -0.3 is 14.6 Å². The van der Waals surface area contributed by atoms with Crippen LogP contribution in [0.25, 0.3) is 11.3 Å². The number of thiazole rings is 1. The number of carbonyl (C=O) groups excluding carboxylic acids is 1. The lowest BCUT2D eigenvalue weighted by Crippen LogP contribution is -2.38. The van der Waals surface area contributed by atoms with Gasteiger partial charge >= 0.3 is 12.4 Å². The zero-order chi connectivity index (χ0) is 27.8. The van der Waals surface area contributed by atoms with Crippen molar-refractivity contribution in [2.24, 2.45) is 4.99 Å². The highest BCUT2D eigenvalue weighted by Crippen LogP contribution is 2.27. The summed E-state index contributed by atoms with van der Waals surface area (Å²) >= 11 is 7.42. The Kier molecular flexibility index (Phi) is 9.32. The first-order valence-corrected chi connectivity index (χ1v) is 13.3. The molecule has 0 saturated heterocycles. The number of halogens is 4. The zero-order valence-corrected chi connectivity index (χ0v) is 22.6. The number of anilines is 1. The molecule has 0 spiro atoms. The number of amides is 2. The van der Waals surface area contributed by atoms with E-state index in [1.807, 2.05) is 52.4 Å². The van der Waals surface area contributed by atoms with E-state index in [2.05, 4.69) is 10.1 Å². The Morgan fingerprint density at radius 1 is 1.05 bits per heavy atom. The van der Waals surface area contributed by atoms with Gasteiger partial charge in [0, 0.05) is 36.2 Å². The molecule has 0 unspecified atom stereocenters. The summed E-state index contributed by atoms with van der Waals surface area (Å²) in [5.41, 5.74) is 3.30. The molecule has 204 valence electrons. The van der Waals surface area contributed by atoms with Gasteiger partial charge in [0.15, 0.2) is 4.80 Å². The number of carbonyl (C=O) groups is 1. The Hall–Kier alpha value is -3.76. The number of aromatic nitrogens is 1. The van der Waals surface area contributed by atoms with E-state index in [1.165, 1.54) is 23.5 Å². The van der Waals surface area contributed by atoms with E-state index in [1.54, 1.807) is 36.2 Å². The third kappa shape index (κ3) is 8.11. The summed E-state index contributed by atoms with van der Waals surface area (Å²) in [6, 6.07) is 22.3. The van der Waals surface area contributed by atoms with Crippen molar-refractivity contribution in [3.05, 3.63) is 99.6 Å². The third-order valence-electron chi connectivity index (χ3n) is 5.77. The molecule has 0 saturated carbocycles. The van der Waals surface area contributed by atoms with Gasteiger partial charge in [-0.2, -0.15) is 0 Å². The lowest BCUT2D eigenvalue weighted by molar-refractivity contribution is -0.274. The van der Waals surface area contributed by atoms with Gasteiger partial charge in [0.25, 0.3) is 0 Å². The van der Waals surface area contributed by atoms with Crippen LogP contribution in [0.2, 0.25) is 5.02 Å². The van der Waals surface area contributed by atoms with Gasteiger partial charge in [0.1, 0.15) is 5.75 Å². The summed E-state index contributed by atoms with van der Waals surface area (Å²) in [5, 5.41) is 5.49. The van der Waals surface area contributed by atoms with E-state index in [4.69, 9.17) is 16.6 Å². The van der Waals surface area contributed by atoms with Crippen LogP contribution >= 0.6 is 22.9 Å². The molecular formula is C28H26ClF3N4O2S. The first-order chi connectivity index (χ1) is 18.7. The highest BCUT2D eigenvalue weighted by Gasteiger charge is 2.31. The highest BCUT2D eigenvalue weighted by molar-refractivity contribution is 7.07. The van der Waals surface area contributed by atoms with Crippen LogP contribution in [0.5, 0.6) is 5.75 Å². The number of hydrogen-bond acceptors (Lipinski definition) is 4. The van der Waals surface area contributed by atoms with E-state index in [0.29, 0.717) is 31.1 Å². The maximum Gasteiger partial charge on any atom is 0.573 e. The average Bonchev–Trinajstić information content (AvgIpc) is 3.32. The number of hydrogen-bond donors (Lipinski definition) is 1. The van der Waals surface area contributed by atoms with Gasteiger partial charge in [0.05, 0.1) is 12.2 Å². The first kappa shape index (κ1) is 28.3. The fraction of sp³-hybridized carbons (Fsp3) is 0.214. The van der Waals surface area contributed by atoms with E-state index < -0.39 is 6.36 Å². The minimum absolute atomic E-state index is 0.218. The van der Waals surface area contributed by atoms with Crippen LogP contribution in [0.4, 0.5) is 23.7 Å². The number of nitrogens with zero attached hydrogens (tertiary/aromatic N) is 3. The average molecular weight is 575 g/mol. The third-order valence-corrected chi connectivity index (χ3v) is 6.93. The molecule has 4 rings (SSSR count). The van der Waals surface area contributed by atoms with E-state index in [9.17, 15) is 18.0 Å². The van der Waals surface area contributed by atoms with Crippen LogP contribution < -0.4 is 19.8 Å². The quantitative estimate of drug-likeness (QED) is 0.217. The van der Waals surface area contributed by atoms with Gasteiger partial charge in [-0.25, -0.2) is 4.79 Å². The summed E-state index contributed by atoms with van der Waals surface area (Å²) < 4.78 is 43.7. The van der Waals surface area contributed by atoms with Crippen molar-refractivity contribution in [2.45, 2.75) is 25.9 Å². The standard InChI is InChI=1S/C28H26ClF3N4O2S/c1-35(23-6-3-2-4-7-23)26(37)33-16-5-17-36-25(21-10-14-24(15-11-21)38-28(30,31)32)19-39-27(36)34-18-20-8-12-22(29)13-9-20/h2-4,6-15,19H,5,16-18H2,1H3,(H,33,37)/b34-27-. The number of para-hydroxylation sites is 1. The van der Waals surface area contributed by atoms with Gasteiger partial charge in [-0.1, -0.05) is 41.9 Å². The number of nitrogens with one attached hydrogen (secondary N) is 1.